The summed E-state index contributed by atoms with van der Waals surface area (Å²) in [6.45, 7) is 3.30. The molecule has 0 aromatic rings. The van der Waals surface area contributed by atoms with E-state index in [1.165, 1.54) is 25.7 Å². The molecule has 0 aliphatic rings. The van der Waals surface area contributed by atoms with Crippen LogP contribution in [0.15, 0.2) is 85.1 Å². The molecule has 0 aromatic heterocycles. The Morgan fingerprint density at radius 1 is 0.607 bits per heavy atom. The van der Waals surface area contributed by atoms with E-state index in [0.717, 1.165) is 77.0 Å². The van der Waals surface area contributed by atoms with Gasteiger partial charge in [-0.15, -0.1) is 0 Å². The Bertz CT molecular complexity index is 1210. The molecule has 10 nitrogen and oxygen atoms in total. The standard InChI is InChI=1S/C45H76NO9P/c1-3-5-6-7-8-9-10-11-12-13-14-18-21-24-27-30-33-36-44(48)52-40-43(41-54-56(50,51)53-39-38-46)55-45(49)37-34-31-28-25-22-19-16-15-17-20-23-26-29-32-35-42(47)4-2/h8-9,11-12,14,16-20,25-26,28-29,42-43,47H,3-7,10,13,15,21-24,27,30-41,46H2,1-2H3,(H,50,51)/b9-8-,12-11-,18-14-,19-16-,20-17-,28-25-,29-26-/t42-,43-/m1/s1. The third kappa shape index (κ3) is 39.4. The van der Waals surface area contributed by atoms with Crippen LogP contribution in [0, 0.1) is 0 Å². The van der Waals surface area contributed by atoms with Gasteiger partial charge in [0, 0.05) is 19.4 Å². The van der Waals surface area contributed by atoms with E-state index in [0.29, 0.717) is 19.3 Å². The maximum Gasteiger partial charge on any atom is 0.472 e. The molecule has 0 heterocycles. The summed E-state index contributed by atoms with van der Waals surface area (Å²) in [7, 11) is -4.41. The Morgan fingerprint density at radius 3 is 1.62 bits per heavy atom. The molecule has 0 radical (unpaired) electrons. The summed E-state index contributed by atoms with van der Waals surface area (Å²) >= 11 is 0. The van der Waals surface area contributed by atoms with Crippen LogP contribution in [0.4, 0.5) is 0 Å². The predicted molar refractivity (Wildman–Crippen MR) is 230 cm³/mol. The van der Waals surface area contributed by atoms with E-state index in [-0.39, 0.29) is 38.7 Å². The van der Waals surface area contributed by atoms with Crippen molar-refractivity contribution in [2.24, 2.45) is 5.73 Å². The van der Waals surface area contributed by atoms with Crippen molar-refractivity contribution in [3.05, 3.63) is 85.1 Å². The SMILES string of the molecule is CCCCC/C=C\C/C=C\C/C=C\CCCCCCC(=O)OC[C@H](COP(=O)(O)OCCN)OC(=O)CCC/C=C\C/C=C\C/C=C\C/C=C\CC[C@H](O)CC. The van der Waals surface area contributed by atoms with Gasteiger partial charge in [-0.2, -0.15) is 0 Å². The van der Waals surface area contributed by atoms with Crippen molar-refractivity contribution in [2.75, 3.05) is 26.4 Å². The minimum atomic E-state index is -4.41. The van der Waals surface area contributed by atoms with Gasteiger partial charge in [-0.1, -0.05) is 125 Å². The lowest BCUT2D eigenvalue weighted by Gasteiger charge is -2.19. The van der Waals surface area contributed by atoms with Crippen molar-refractivity contribution in [3.8, 4) is 0 Å². The highest BCUT2D eigenvalue weighted by Gasteiger charge is 2.25. The molecule has 11 heteroatoms. The molecule has 56 heavy (non-hydrogen) atoms. The molecule has 4 N–H and O–H groups in total. The molecule has 0 saturated heterocycles. The quantitative estimate of drug-likeness (QED) is 0.0238. The first-order valence-corrected chi connectivity index (χ1v) is 22.6. The summed E-state index contributed by atoms with van der Waals surface area (Å²) in [4.78, 5) is 34.8. The monoisotopic (exact) mass is 806 g/mol. The third-order valence-electron chi connectivity index (χ3n) is 8.42. The number of esters is 2. The van der Waals surface area contributed by atoms with E-state index in [2.05, 4.69) is 79.8 Å². The number of unbranched alkanes of at least 4 members (excludes halogenated alkanes) is 8. The number of carbonyl (C=O) groups is 2. The first kappa shape index (κ1) is 53.1. The van der Waals surface area contributed by atoms with Crippen LogP contribution < -0.4 is 5.73 Å². The third-order valence-corrected chi connectivity index (χ3v) is 9.40. The van der Waals surface area contributed by atoms with Crippen LogP contribution in [0.3, 0.4) is 0 Å². The predicted octanol–water partition coefficient (Wildman–Crippen LogP) is 11.0. The number of hydrogen-bond donors (Lipinski definition) is 3. The van der Waals surface area contributed by atoms with E-state index in [1.54, 1.807) is 0 Å². The summed E-state index contributed by atoms with van der Waals surface area (Å²) in [5.41, 5.74) is 5.33. The fourth-order valence-corrected chi connectivity index (χ4v) is 5.85. The van der Waals surface area contributed by atoms with E-state index < -0.39 is 32.5 Å². The van der Waals surface area contributed by atoms with Crippen LogP contribution in [-0.2, 0) is 32.7 Å². The second-order valence-electron chi connectivity index (χ2n) is 13.6. The zero-order valence-corrected chi connectivity index (χ0v) is 35.6. The topological polar surface area (TPSA) is 155 Å². The van der Waals surface area contributed by atoms with E-state index in [9.17, 15) is 24.2 Å². The lowest BCUT2D eigenvalue weighted by atomic mass is 10.1. The van der Waals surface area contributed by atoms with Crippen molar-refractivity contribution >= 4 is 19.8 Å². The zero-order chi connectivity index (χ0) is 41.2. The molecule has 0 amide bonds. The molecule has 0 saturated carbocycles. The van der Waals surface area contributed by atoms with Gasteiger partial charge in [0.15, 0.2) is 6.10 Å². The van der Waals surface area contributed by atoms with Crippen LogP contribution in [0.25, 0.3) is 0 Å². The highest BCUT2D eigenvalue weighted by atomic mass is 31.2. The average molecular weight is 806 g/mol. The highest BCUT2D eigenvalue weighted by Crippen LogP contribution is 2.43. The number of allylic oxidation sites excluding steroid dienone is 14. The lowest BCUT2D eigenvalue weighted by Crippen LogP contribution is -2.29. The van der Waals surface area contributed by atoms with Gasteiger partial charge in [0.05, 0.1) is 19.3 Å². The summed E-state index contributed by atoms with van der Waals surface area (Å²) < 4.78 is 32.6. The molecule has 0 bridgehead atoms. The second-order valence-corrected chi connectivity index (χ2v) is 15.1. The fourth-order valence-electron chi connectivity index (χ4n) is 5.08. The number of phosphoric acid groups is 1. The summed E-state index contributed by atoms with van der Waals surface area (Å²) in [6, 6.07) is 0. The Labute approximate surface area is 339 Å². The highest BCUT2D eigenvalue weighted by molar-refractivity contribution is 7.47. The molecule has 0 rings (SSSR count). The van der Waals surface area contributed by atoms with Gasteiger partial charge >= 0.3 is 19.8 Å². The molecule has 0 fully saturated rings. The largest absolute Gasteiger partial charge is 0.472 e. The Morgan fingerprint density at radius 2 is 1.09 bits per heavy atom. The first-order chi connectivity index (χ1) is 27.2. The number of aliphatic hydroxyl groups is 1. The van der Waals surface area contributed by atoms with Crippen molar-refractivity contribution < 1.29 is 42.7 Å². The maximum absolute atomic E-state index is 12.5. The zero-order valence-electron chi connectivity index (χ0n) is 34.7. The lowest BCUT2D eigenvalue weighted by molar-refractivity contribution is -0.161. The van der Waals surface area contributed by atoms with Crippen LogP contribution in [-0.4, -0.2) is 60.5 Å². The van der Waals surface area contributed by atoms with Gasteiger partial charge in [0.25, 0.3) is 0 Å². The minimum absolute atomic E-state index is 0.0310. The summed E-state index contributed by atoms with van der Waals surface area (Å²) in [5, 5.41) is 9.55. The number of hydrogen-bond acceptors (Lipinski definition) is 9. The van der Waals surface area contributed by atoms with Crippen molar-refractivity contribution in [3.63, 3.8) is 0 Å². The average Bonchev–Trinajstić information content (AvgIpc) is 3.18. The number of nitrogens with two attached hydrogens (primary N) is 1. The molecule has 0 aromatic carbocycles. The smallest absolute Gasteiger partial charge is 0.462 e. The van der Waals surface area contributed by atoms with Crippen LogP contribution in [0.2, 0.25) is 0 Å². The van der Waals surface area contributed by atoms with E-state index >= 15 is 0 Å². The number of phosphoric ester groups is 1. The Kier molecular flexibility index (Phi) is 38.3. The molecular formula is C45H76NO9P. The van der Waals surface area contributed by atoms with Crippen LogP contribution >= 0.6 is 7.82 Å². The normalized spacial score (nSPS) is 14.7. The molecule has 1 unspecified atom stereocenters. The van der Waals surface area contributed by atoms with Gasteiger partial charge in [0.1, 0.15) is 6.61 Å². The number of carbonyl (C=O) groups excluding carboxylic acids is 2. The fraction of sp³-hybridized carbons (Fsp3) is 0.644. The first-order valence-electron chi connectivity index (χ1n) is 21.1. The summed E-state index contributed by atoms with van der Waals surface area (Å²) in [5.74, 6) is -0.947. The van der Waals surface area contributed by atoms with Gasteiger partial charge in [-0.05, 0) is 96.3 Å². The van der Waals surface area contributed by atoms with Crippen LogP contribution in [0.1, 0.15) is 149 Å². The summed E-state index contributed by atoms with van der Waals surface area (Å²) in [6.07, 6.45) is 47.0. The maximum atomic E-state index is 12.5. The van der Waals surface area contributed by atoms with Gasteiger partial charge in [0.2, 0.25) is 0 Å². The van der Waals surface area contributed by atoms with Crippen LogP contribution in [0.5, 0.6) is 0 Å². The van der Waals surface area contributed by atoms with E-state index in [4.69, 9.17) is 24.3 Å². The molecule has 3 atom stereocenters. The van der Waals surface area contributed by atoms with Gasteiger partial charge < -0.3 is 25.2 Å². The molecular weight excluding hydrogens is 729 g/mol. The van der Waals surface area contributed by atoms with Gasteiger partial charge in [-0.25, -0.2) is 4.57 Å². The molecule has 0 aliphatic carbocycles. The van der Waals surface area contributed by atoms with Crippen molar-refractivity contribution in [1.29, 1.82) is 0 Å². The number of aliphatic hydroxyl groups excluding tert-OH is 1. The molecule has 0 aliphatic heterocycles. The number of ether oxygens (including phenoxy) is 2. The van der Waals surface area contributed by atoms with Gasteiger partial charge in [-0.3, -0.25) is 18.6 Å². The van der Waals surface area contributed by atoms with Crippen molar-refractivity contribution in [2.45, 2.75) is 161 Å². The van der Waals surface area contributed by atoms with E-state index in [1.807, 2.05) is 19.1 Å². The van der Waals surface area contributed by atoms with Crippen molar-refractivity contribution in [1.82, 2.24) is 0 Å². The second kappa shape index (κ2) is 40.4. The Balaban J connectivity index is 4.34. The Hall–Kier alpha value is -2.85. The minimum Gasteiger partial charge on any atom is -0.462 e. The number of rotatable bonds is 38. The molecule has 320 valence electrons. The molecule has 0 spiro atoms.